The van der Waals surface area contributed by atoms with Crippen LogP contribution in [0, 0.1) is 0 Å². The van der Waals surface area contributed by atoms with Crippen molar-refractivity contribution in [1.29, 1.82) is 0 Å². The van der Waals surface area contributed by atoms with Crippen molar-refractivity contribution >= 4 is 51.8 Å². The van der Waals surface area contributed by atoms with E-state index in [1.807, 2.05) is 137 Å². The van der Waals surface area contributed by atoms with Crippen molar-refractivity contribution in [2.45, 2.75) is 26.1 Å². The molecule has 75 heavy (non-hydrogen) atoms. The van der Waals surface area contributed by atoms with Crippen LogP contribution >= 0.6 is 0 Å². The van der Waals surface area contributed by atoms with Gasteiger partial charge in [0.1, 0.15) is 5.69 Å². The molecule has 9 N–H and O–H groups in total. The SMILES string of the molecule is COc1ccnn1Cc1ccc(C(=O)Nc2ccccc2N)cc1.C[C@H](c1ccc(C(=O)Nc2ccccc2N)cc1)n1cccn1.Nc1ccccc1NC(=O)c1ccc(Cn2ccc(-c3ccccn3)n2)cc1. The molecule has 0 saturated carbocycles. The number of methoxy groups -OCH3 is 1. The minimum Gasteiger partial charge on any atom is -0.481 e. The van der Waals surface area contributed by atoms with Crippen molar-refractivity contribution in [2.75, 3.05) is 40.3 Å². The lowest BCUT2D eigenvalue weighted by Gasteiger charge is -2.13. The molecule has 0 fully saturated rings. The number of ether oxygens (including phenoxy) is 1. The van der Waals surface area contributed by atoms with E-state index in [9.17, 15) is 14.4 Å². The van der Waals surface area contributed by atoms with Crippen LogP contribution in [0.5, 0.6) is 5.88 Å². The van der Waals surface area contributed by atoms with Gasteiger partial charge >= 0.3 is 0 Å². The third-order valence-electron chi connectivity index (χ3n) is 11.8. The fourth-order valence-electron chi connectivity index (χ4n) is 7.59. The fraction of sp³-hybridized carbons (Fsp3) is 0.0862. The predicted molar refractivity (Wildman–Crippen MR) is 294 cm³/mol. The maximum atomic E-state index is 12.4. The molecule has 17 heteroatoms. The largest absolute Gasteiger partial charge is 0.481 e. The first-order valence-corrected chi connectivity index (χ1v) is 23.8. The summed E-state index contributed by atoms with van der Waals surface area (Å²) in [5.74, 6) is 0.120. The van der Waals surface area contributed by atoms with Crippen molar-refractivity contribution in [2.24, 2.45) is 0 Å². The van der Waals surface area contributed by atoms with Crippen LogP contribution in [0.25, 0.3) is 11.4 Å². The molecule has 4 heterocycles. The second kappa shape index (κ2) is 24.7. The van der Waals surface area contributed by atoms with E-state index in [0.29, 0.717) is 69.8 Å². The van der Waals surface area contributed by atoms with Gasteiger partial charge in [-0.05, 0) is 121 Å². The number of amides is 3. The van der Waals surface area contributed by atoms with Crippen LogP contribution in [-0.4, -0.2) is 59.2 Å². The second-order valence-electron chi connectivity index (χ2n) is 16.9. The number of nitrogens with one attached hydrogen (secondary N) is 3. The van der Waals surface area contributed by atoms with Crippen molar-refractivity contribution in [3.63, 3.8) is 0 Å². The molecule has 10 rings (SSSR count). The van der Waals surface area contributed by atoms with Gasteiger partial charge in [-0.2, -0.15) is 15.3 Å². The van der Waals surface area contributed by atoms with Gasteiger partial charge in [-0.25, -0.2) is 4.68 Å². The first kappa shape index (κ1) is 51.1. The molecule has 6 aromatic carbocycles. The minimum atomic E-state index is -0.198. The van der Waals surface area contributed by atoms with E-state index < -0.39 is 0 Å². The molecule has 4 aromatic heterocycles. The summed E-state index contributed by atoms with van der Waals surface area (Å²) in [5, 5.41) is 21.5. The third-order valence-corrected chi connectivity index (χ3v) is 11.8. The number of anilines is 6. The number of hydrogen-bond acceptors (Lipinski definition) is 11. The summed E-state index contributed by atoms with van der Waals surface area (Å²) in [6.07, 6.45) is 9.03. The molecule has 1 atom stereocenters. The lowest BCUT2D eigenvalue weighted by molar-refractivity contribution is 0.101. The van der Waals surface area contributed by atoms with Crippen LogP contribution in [0.15, 0.2) is 213 Å². The predicted octanol–water partition coefficient (Wildman–Crippen LogP) is 9.93. The number of pyridine rings is 1. The molecule has 0 aliphatic heterocycles. The van der Waals surface area contributed by atoms with E-state index in [-0.39, 0.29) is 23.8 Å². The molecule has 3 amide bonds. The Balaban J connectivity index is 0.000000150. The van der Waals surface area contributed by atoms with Gasteiger partial charge < -0.3 is 37.9 Å². The second-order valence-corrected chi connectivity index (χ2v) is 16.9. The Labute approximate surface area is 433 Å². The Morgan fingerprint density at radius 1 is 0.507 bits per heavy atom. The van der Waals surface area contributed by atoms with Crippen molar-refractivity contribution in [1.82, 2.24) is 34.3 Å². The topological polar surface area (TPSA) is 241 Å². The van der Waals surface area contributed by atoms with Gasteiger partial charge in [-0.3, -0.25) is 28.7 Å². The number of carbonyl (C=O) groups excluding carboxylic acids is 3. The van der Waals surface area contributed by atoms with Crippen molar-refractivity contribution in [3.05, 3.63) is 246 Å². The zero-order valence-electron chi connectivity index (χ0n) is 41.2. The molecular formula is C58H55N13O4. The average Bonchev–Trinajstić information content (AvgIpc) is 4.26. The molecule has 10 aromatic rings. The van der Waals surface area contributed by atoms with E-state index in [2.05, 4.69) is 43.2 Å². The molecule has 0 aliphatic rings. The van der Waals surface area contributed by atoms with E-state index >= 15 is 0 Å². The van der Waals surface area contributed by atoms with Crippen molar-refractivity contribution < 1.29 is 19.1 Å². The Morgan fingerprint density at radius 2 is 1.00 bits per heavy atom. The van der Waals surface area contributed by atoms with Crippen LogP contribution in [-0.2, 0) is 13.1 Å². The molecule has 376 valence electrons. The van der Waals surface area contributed by atoms with Crippen LogP contribution in [0.1, 0.15) is 60.7 Å². The van der Waals surface area contributed by atoms with Crippen LogP contribution < -0.4 is 37.9 Å². The molecule has 0 unspecified atom stereocenters. The Hall–Kier alpha value is -10.3. The van der Waals surface area contributed by atoms with Gasteiger partial charge in [-0.1, -0.05) is 78.9 Å². The fourth-order valence-corrected chi connectivity index (χ4v) is 7.59. The Kier molecular flexibility index (Phi) is 16.8. The standard InChI is InChI=1S/C22H19N5O.C18H18N4O2.C18H18N4O/c23-18-5-1-2-6-19(18)25-22(28)17-10-8-16(9-11-17)15-27-14-12-21(26-27)20-7-3-4-13-24-20;1-24-17-10-11-20-22(17)12-13-6-8-14(9-7-13)18(23)21-16-5-3-2-4-15(16)19;1-13(22-12-4-11-20-22)14-7-9-15(10-8-14)18(23)21-17-6-3-2-5-16(17)19/h1-14H,15,23H2,(H,25,28);2-11H,12,19H2,1H3,(H,21,23);2-13H,19H2,1H3,(H,21,23)/t;;13-/m..1/s1. The first-order valence-electron chi connectivity index (χ1n) is 23.8. The minimum absolute atomic E-state index is 0.117. The lowest BCUT2D eigenvalue weighted by Crippen LogP contribution is -2.13. The van der Waals surface area contributed by atoms with Gasteiger partial charge in [0.05, 0.1) is 72.3 Å². The van der Waals surface area contributed by atoms with Crippen LogP contribution in [0.4, 0.5) is 34.1 Å². The van der Waals surface area contributed by atoms with E-state index in [0.717, 1.165) is 28.1 Å². The highest BCUT2D eigenvalue weighted by atomic mass is 16.5. The maximum Gasteiger partial charge on any atom is 0.255 e. The number of nitrogen functional groups attached to an aromatic ring is 3. The number of para-hydroxylation sites is 6. The Bertz CT molecular complexity index is 3450. The first-order chi connectivity index (χ1) is 36.5. The molecule has 0 radical (unpaired) electrons. The van der Waals surface area contributed by atoms with E-state index in [4.69, 9.17) is 21.9 Å². The third kappa shape index (κ3) is 13.8. The smallest absolute Gasteiger partial charge is 0.255 e. The molecule has 0 saturated heterocycles. The van der Waals surface area contributed by atoms with Gasteiger partial charge in [0.2, 0.25) is 5.88 Å². The molecular weight excluding hydrogens is 943 g/mol. The Morgan fingerprint density at radius 3 is 1.47 bits per heavy atom. The number of aromatic nitrogens is 7. The number of hydrogen-bond donors (Lipinski definition) is 6. The summed E-state index contributed by atoms with van der Waals surface area (Å²) in [7, 11) is 1.61. The van der Waals surface area contributed by atoms with Crippen LogP contribution in [0.2, 0.25) is 0 Å². The molecule has 0 bridgehead atoms. The van der Waals surface area contributed by atoms with Crippen LogP contribution in [0.3, 0.4) is 0 Å². The monoisotopic (exact) mass is 997 g/mol. The zero-order chi connectivity index (χ0) is 52.5. The summed E-state index contributed by atoms with van der Waals surface area (Å²) >= 11 is 0. The van der Waals surface area contributed by atoms with Gasteiger partial charge in [0.25, 0.3) is 17.7 Å². The number of rotatable bonds is 14. The highest BCUT2D eigenvalue weighted by Crippen LogP contribution is 2.23. The lowest BCUT2D eigenvalue weighted by atomic mass is 10.1. The number of benzene rings is 6. The van der Waals surface area contributed by atoms with Gasteiger partial charge in [-0.15, -0.1) is 0 Å². The van der Waals surface area contributed by atoms with Gasteiger partial charge in [0, 0.05) is 47.5 Å². The summed E-state index contributed by atoms with van der Waals surface area (Å²) in [4.78, 5) is 41.3. The summed E-state index contributed by atoms with van der Waals surface area (Å²) in [6, 6.07) is 55.3. The van der Waals surface area contributed by atoms with Crippen molar-refractivity contribution in [3.8, 4) is 17.3 Å². The summed E-state index contributed by atoms with van der Waals surface area (Å²) < 4.78 is 10.7. The summed E-state index contributed by atoms with van der Waals surface area (Å²) in [6.45, 7) is 3.25. The summed E-state index contributed by atoms with van der Waals surface area (Å²) in [5.41, 5.74) is 27.5. The van der Waals surface area contributed by atoms with Gasteiger partial charge in [0.15, 0.2) is 0 Å². The molecule has 0 aliphatic carbocycles. The highest BCUT2D eigenvalue weighted by molar-refractivity contribution is 6.07. The van der Waals surface area contributed by atoms with E-state index in [1.165, 1.54) is 0 Å². The zero-order valence-corrected chi connectivity index (χ0v) is 41.2. The highest BCUT2D eigenvalue weighted by Gasteiger charge is 2.13. The number of nitrogens with two attached hydrogens (primary N) is 3. The average molecular weight is 998 g/mol. The number of nitrogens with zero attached hydrogens (tertiary/aromatic N) is 7. The maximum absolute atomic E-state index is 12.4. The van der Waals surface area contributed by atoms with E-state index in [1.54, 1.807) is 97.1 Å². The number of carbonyl (C=O) groups is 3. The molecule has 17 nitrogen and oxygen atoms in total. The normalized spacial score (nSPS) is 10.9. The quantitative estimate of drug-likeness (QED) is 0.0560. The molecule has 0 spiro atoms.